The predicted octanol–water partition coefficient (Wildman–Crippen LogP) is 4.51. The summed E-state index contributed by atoms with van der Waals surface area (Å²) in [6.07, 6.45) is -1.00. The average molecular weight is 715 g/mol. The number of aromatic nitrogens is 2. The number of benzene rings is 2. The number of nitrogens with one attached hydrogen (secondary N) is 1. The number of piperazine rings is 1. The van der Waals surface area contributed by atoms with Gasteiger partial charge in [0.1, 0.15) is 34.7 Å². The van der Waals surface area contributed by atoms with E-state index in [1.807, 2.05) is 16.8 Å². The number of sulfonamides is 1. The van der Waals surface area contributed by atoms with Crippen LogP contribution in [-0.2, 0) is 27.1 Å². The summed E-state index contributed by atoms with van der Waals surface area (Å²) in [6, 6.07) is 9.02. The van der Waals surface area contributed by atoms with Crippen LogP contribution in [0.25, 0.3) is 0 Å². The quantitative estimate of drug-likeness (QED) is 0.285. The molecule has 2 atom stereocenters. The van der Waals surface area contributed by atoms with E-state index in [1.54, 1.807) is 6.20 Å². The first-order chi connectivity index (χ1) is 22.8. The highest BCUT2D eigenvalue weighted by Gasteiger charge is 2.44. The fraction of sp³-hybridized carbons (Fsp3) is 0.433. The van der Waals surface area contributed by atoms with Crippen LogP contribution in [0.4, 0.5) is 27.8 Å². The van der Waals surface area contributed by atoms with Gasteiger partial charge in [0.25, 0.3) is 0 Å². The van der Waals surface area contributed by atoms with E-state index in [-0.39, 0.29) is 43.0 Å². The molecule has 3 heterocycles. The fourth-order valence-corrected chi connectivity index (χ4v) is 8.50. The highest BCUT2D eigenvalue weighted by Crippen LogP contribution is 2.45. The van der Waals surface area contributed by atoms with Crippen LogP contribution in [0, 0.1) is 0 Å². The number of ether oxygens (including phenoxy) is 2. The van der Waals surface area contributed by atoms with Crippen LogP contribution in [-0.4, -0.2) is 84.7 Å². The number of rotatable bonds is 11. The second-order valence-corrected chi connectivity index (χ2v) is 14.6. The van der Waals surface area contributed by atoms with Crippen LogP contribution in [0.15, 0.2) is 59.6 Å². The Kier molecular flexibility index (Phi) is 9.70. The first-order valence-corrected chi connectivity index (χ1v) is 17.4. The normalized spacial score (nSPS) is 20.5. The number of halogens is 5. The minimum absolute atomic E-state index is 0.0120. The molecule has 1 saturated carbocycles. The van der Waals surface area contributed by atoms with Crippen LogP contribution in [0.5, 0.6) is 11.5 Å². The minimum Gasteiger partial charge on any atom is -0.435 e. The van der Waals surface area contributed by atoms with Gasteiger partial charge in [-0.2, -0.15) is 13.1 Å². The second kappa shape index (κ2) is 13.6. The Morgan fingerprint density at radius 2 is 1.71 bits per heavy atom. The third kappa shape index (κ3) is 8.10. The Bertz CT molecular complexity index is 1730. The molecule has 0 bridgehead atoms. The van der Waals surface area contributed by atoms with Crippen LogP contribution < -0.4 is 19.7 Å². The lowest BCUT2D eigenvalue weighted by Crippen LogP contribution is -2.63. The number of hydrogen-bond acceptors (Lipinski definition) is 10. The molecule has 1 aromatic heterocycles. The molecule has 1 amide bonds. The largest absolute Gasteiger partial charge is 0.573 e. The Balaban J connectivity index is 1.19. The molecule has 1 aliphatic carbocycles. The average Bonchev–Trinajstić information content (AvgIpc) is 3.83. The number of nitrogens with zero attached hydrogens (tertiary/aromatic N) is 5. The third-order valence-electron chi connectivity index (χ3n) is 8.05. The predicted molar refractivity (Wildman–Crippen MR) is 165 cm³/mol. The molecule has 48 heavy (non-hydrogen) atoms. The van der Waals surface area contributed by atoms with E-state index in [9.17, 15) is 35.2 Å². The first kappa shape index (κ1) is 34.1. The molecule has 1 unspecified atom stereocenters. The lowest BCUT2D eigenvalue weighted by atomic mass is 10.1. The zero-order chi connectivity index (χ0) is 34.2. The summed E-state index contributed by atoms with van der Waals surface area (Å²) in [5, 5.41) is 2.76. The SMILES string of the molecule is CN1c2nc(C3CC3)ncc2SC1N1CCN(S(=O)(=O)Cc2ccc(OC(F)(F)F)cc2)[C@@H](C(=O)NCc2ccc(OC(F)F)cc2)C1. The molecule has 258 valence electrons. The van der Waals surface area contributed by atoms with Gasteiger partial charge in [-0.25, -0.2) is 18.4 Å². The van der Waals surface area contributed by atoms with E-state index < -0.39 is 46.4 Å². The fourth-order valence-electron chi connectivity index (χ4n) is 5.58. The van der Waals surface area contributed by atoms with E-state index in [0.29, 0.717) is 11.5 Å². The van der Waals surface area contributed by atoms with Gasteiger partial charge in [-0.05, 0) is 48.2 Å². The van der Waals surface area contributed by atoms with Crippen LogP contribution in [0.3, 0.4) is 0 Å². The second-order valence-electron chi connectivity index (χ2n) is 11.6. The van der Waals surface area contributed by atoms with Crippen LogP contribution >= 0.6 is 11.8 Å². The number of anilines is 1. The van der Waals surface area contributed by atoms with Gasteiger partial charge < -0.3 is 19.7 Å². The van der Waals surface area contributed by atoms with Gasteiger partial charge in [0.15, 0.2) is 0 Å². The van der Waals surface area contributed by atoms with Crippen molar-refractivity contribution in [3.63, 3.8) is 0 Å². The molecule has 0 radical (unpaired) electrons. The molecule has 0 spiro atoms. The van der Waals surface area contributed by atoms with E-state index in [4.69, 9.17) is 4.98 Å². The Labute approximate surface area is 277 Å². The monoisotopic (exact) mass is 714 g/mol. The van der Waals surface area contributed by atoms with Crippen molar-refractivity contribution in [3.05, 3.63) is 71.7 Å². The van der Waals surface area contributed by atoms with Crippen molar-refractivity contribution < 1.29 is 44.6 Å². The van der Waals surface area contributed by atoms with E-state index >= 15 is 0 Å². The number of carbonyl (C=O) groups is 1. The summed E-state index contributed by atoms with van der Waals surface area (Å²) in [4.78, 5) is 27.9. The summed E-state index contributed by atoms with van der Waals surface area (Å²) < 4.78 is 99.7. The van der Waals surface area contributed by atoms with Crippen molar-refractivity contribution in [1.29, 1.82) is 0 Å². The number of amides is 1. The van der Waals surface area contributed by atoms with Crippen molar-refractivity contribution in [2.24, 2.45) is 0 Å². The zero-order valence-corrected chi connectivity index (χ0v) is 27.1. The highest BCUT2D eigenvalue weighted by molar-refractivity contribution is 8.00. The number of carbonyl (C=O) groups excluding carboxylic acids is 1. The van der Waals surface area contributed by atoms with E-state index in [0.717, 1.165) is 45.8 Å². The first-order valence-electron chi connectivity index (χ1n) is 14.9. The van der Waals surface area contributed by atoms with Gasteiger partial charge in [-0.3, -0.25) is 9.69 Å². The summed E-state index contributed by atoms with van der Waals surface area (Å²) in [5.74, 6) is 0.248. The van der Waals surface area contributed by atoms with Crippen molar-refractivity contribution >= 4 is 33.5 Å². The standard InChI is InChI=1S/C30H31F5N6O5S2/c1-39-26-24(15-36-25(38-26)20-6-7-20)47-29(39)40-12-13-41(48(43,44)17-19-4-10-22(11-5-19)46-30(33,34)35)23(16-40)27(42)37-14-18-2-8-21(9-3-18)45-28(31)32/h2-5,8-11,15,20,23,28-29H,6-7,12-14,16-17H2,1H3,(H,37,42)/t23-,29?/m1/s1. The van der Waals surface area contributed by atoms with Gasteiger partial charge in [0.2, 0.25) is 15.9 Å². The Morgan fingerprint density at radius 1 is 1.04 bits per heavy atom. The van der Waals surface area contributed by atoms with E-state index in [2.05, 4.69) is 19.8 Å². The number of alkyl halides is 5. The maximum absolute atomic E-state index is 13.8. The molecule has 2 aromatic carbocycles. The van der Waals surface area contributed by atoms with Crippen molar-refractivity contribution in [1.82, 2.24) is 24.5 Å². The molecule has 3 aliphatic rings. The maximum Gasteiger partial charge on any atom is 0.573 e. The van der Waals surface area contributed by atoms with Crippen LogP contribution in [0.1, 0.15) is 35.7 Å². The number of hydrogen-bond donors (Lipinski definition) is 1. The lowest BCUT2D eigenvalue weighted by Gasteiger charge is -2.43. The van der Waals surface area contributed by atoms with Crippen molar-refractivity contribution in [2.45, 2.75) is 60.5 Å². The Morgan fingerprint density at radius 3 is 2.35 bits per heavy atom. The molecule has 18 heteroatoms. The summed E-state index contributed by atoms with van der Waals surface area (Å²) in [6.45, 7) is -2.71. The molecule has 3 aromatic rings. The van der Waals surface area contributed by atoms with Gasteiger partial charge in [0.05, 0.1) is 10.6 Å². The maximum atomic E-state index is 13.8. The molecule has 1 N–H and O–H groups in total. The molecular formula is C30H31F5N6O5S2. The molecule has 2 aliphatic heterocycles. The van der Waals surface area contributed by atoms with Gasteiger partial charge in [-0.15, -0.1) is 13.2 Å². The summed E-state index contributed by atoms with van der Waals surface area (Å²) in [7, 11) is -2.26. The Hall–Kier alpha value is -3.74. The molecule has 6 rings (SSSR count). The zero-order valence-electron chi connectivity index (χ0n) is 25.4. The van der Waals surface area contributed by atoms with Gasteiger partial charge in [0, 0.05) is 45.3 Å². The van der Waals surface area contributed by atoms with Crippen molar-refractivity contribution in [3.8, 4) is 11.5 Å². The highest BCUT2D eigenvalue weighted by atomic mass is 32.2. The smallest absolute Gasteiger partial charge is 0.435 e. The lowest BCUT2D eigenvalue weighted by molar-refractivity contribution is -0.274. The molecule has 2 fully saturated rings. The number of fused-ring (bicyclic) bond motifs is 1. The van der Waals surface area contributed by atoms with E-state index in [1.165, 1.54) is 48.2 Å². The molecular weight excluding hydrogens is 683 g/mol. The topological polar surface area (TPSA) is 117 Å². The minimum atomic E-state index is -4.89. The van der Waals surface area contributed by atoms with Gasteiger partial charge >= 0.3 is 13.0 Å². The van der Waals surface area contributed by atoms with Crippen LogP contribution in [0.2, 0.25) is 0 Å². The molecule has 11 nitrogen and oxygen atoms in total. The van der Waals surface area contributed by atoms with Crippen molar-refractivity contribution in [2.75, 3.05) is 31.6 Å². The third-order valence-corrected chi connectivity index (χ3v) is 11.3. The summed E-state index contributed by atoms with van der Waals surface area (Å²) >= 11 is 1.51. The number of thioether (sulfide) groups is 1. The summed E-state index contributed by atoms with van der Waals surface area (Å²) in [5.41, 5.74) is 0.496. The van der Waals surface area contributed by atoms with Gasteiger partial charge in [-0.1, -0.05) is 36.0 Å². The molecule has 1 saturated heterocycles.